The van der Waals surface area contributed by atoms with Gasteiger partial charge in [0.1, 0.15) is 0 Å². The van der Waals surface area contributed by atoms with Crippen molar-refractivity contribution in [3.8, 4) is 0 Å². The Bertz CT molecular complexity index is 333. The average molecular weight is 286 g/mol. The van der Waals surface area contributed by atoms with E-state index in [0.717, 1.165) is 19.3 Å². The maximum atomic E-state index is 11.9. The average Bonchev–Trinajstić information content (AvgIpc) is 2.35. The molecule has 0 saturated carbocycles. The number of nitrogens with one attached hydrogen (secondary N) is 1. The Morgan fingerprint density at radius 3 is 2.75 bits per heavy atom. The van der Waals surface area contributed by atoms with Gasteiger partial charge in [-0.2, -0.15) is 0 Å². The normalized spacial score (nSPS) is 22.6. The molecule has 1 aliphatic heterocycles. The van der Waals surface area contributed by atoms with E-state index < -0.39 is 5.97 Å². The largest absolute Gasteiger partial charge is 0.481 e. The Morgan fingerprint density at radius 1 is 1.45 bits per heavy atom. The maximum Gasteiger partial charge on any atom is 0.317 e. The van der Waals surface area contributed by atoms with E-state index >= 15 is 0 Å². The van der Waals surface area contributed by atoms with E-state index in [9.17, 15) is 9.59 Å². The molecule has 116 valence electrons. The number of nitrogens with zero attached hydrogens (tertiary/aromatic N) is 1. The lowest BCUT2D eigenvalue weighted by atomic mass is 9.96. The second-order valence-corrected chi connectivity index (χ2v) is 5.86. The quantitative estimate of drug-likeness (QED) is 0.779. The second kappa shape index (κ2) is 8.09. The van der Waals surface area contributed by atoms with Gasteiger partial charge in [-0.05, 0) is 25.2 Å². The zero-order chi connectivity index (χ0) is 15.1. The summed E-state index contributed by atoms with van der Waals surface area (Å²) >= 11 is 0. The van der Waals surface area contributed by atoms with Crippen molar-refractivity contribution < 1.29 is 19.4 Å². The summed E-state index contributed by atoms with van der Waals surface area (Å²) in [4.78, 5) is 23.8. The maximum absolute atomic E-state index is 11.9. The van der Waals surface area contributed by atoms with Gasteiger partial charge in [0.15, 0.2) is 0 Å². The fourth-order valence-electron chi connectivity index (χ4n) is 2.35. The zero-order valence-electron chi connectivity index (χ0n) is 12.6. The monoisotopic (exact) mass is 286 g/mol. The van der Waals surface area contributed by atoms with E-state index in [0.29, 0.717) is 12.5 Å². The summed E-state index contributed by atoms with van der Waals surface area (Å²) in [6, 6.07) is -0.0891. The minimum atomic E-state index is -0.896. The van der Waals surface area contributed by atoms with Gasteiger partial charge in [-0.15, -0.1) is 0 Å². The molecular weight excluding hydrogens is 260 g/mol. The number of urea groups is 1. The van der Waals surface area contributed by atoms with E-state index in [-0.39, 0.29) is 31.1 Å². The summed E-state index contributed by atoms with van der Waals surface area (Å²) in [6.45, 7) is 5.21. The third kappa shape index (κ3) is 6.23. The van der Waals surface area contributed by atoms with Crippen molar-refractivity contribution in [2.75, 3.05) is 20.2 Å². The number of ether oxygens (including phenoxy) is 1. The van der Waals surface area contributed by atoms with Crippen LogP contribution in [0.2, 0.25) is 0 Å². The Balaban J connectivity index is 2.35. The molecule has 2 unspecified atom stereocenters. The van der Waals surface area contributed by atoms with Crippen LogP contribution in [0.4, 0.5) is 4.79 Å². The van der Waals surface area contributed by atoms with Crippen LogP contribution in [0.5, 0.6) is 0 Å². The molecule has 6 nitrogen and oxygen atoms in total. The number of aliphatic carboxylic acids is 1. The van der Waals surface area contributed by atoms with Crippen LogP contribution in [0.3, 0.4) is 0 Å². The Morgan fingerprint density at radius 2 is 2.15 bits per heavy atom. The molecule has 6 heteroatoms. The van der Waals surface area contributed by atoms with Crippen LogP contribution >= 0.6 is 0 Å². The second-order valence-electron chi connectivity index (χ2n) is 5.86. The number of carbonyl (C=O) groups excluding carboxylic acids is 1. The van der Waals surface area contributed by atoms with Crippen LogP contribution in [0.1, 0.15) is 39.5 Å². The molecule has 0 bridgehead atoms. The van der Waals surface area contributed by atoms with Crippen molar-refractivity contribution in [1.29, 1.82) is 0 Å². The fourth-order valence-corrected chi connectivity index (χ4v) is 2.35. The van der Waals surface area contributed by atoms with Gasteiger partial charge in [0.2, 0.25) is 0 Å². The van der Waals surface area contributed by atoms with Gasteiger partial charge in [-0.25, -0.2) is 4.79 Å². The molecule has 0 aromatic rings. The Kier molecular flexibility index (Phi) is 6.78. The van der Waals surface area contributed by atoms with Crippen LogP contribution in [0, 0.1) is 5.92 Å². The van der Waals surface area contributed by atoms with Crippen molar-refractivity contribution in [3.63, 3.8) is 0 Å². The van der Waals surface area contributed by atoms with Gasteiger partial charge in [0.05, 0.1) is 12.5 Å². The van der Waals surface area contributed by atoms with Crippen LogP contribution in [0.25, 0.3) is 0 Å². The van der Waals surface area contributed by atoms with Gasteiger partial charge < -0.3 is 20.1 Å². The van der Waals surface area contributed by atoms with Crippen molar-refractivity contribution >= 4 is 12.0 Å². The first kappa shape index (κ1) is 16.8. The molecule has 0 radical (unpaired) electrons. The third-order valence-corrected chi connectivity index (χ3v) is 3.44. The first-order chi connectivity index (χ1) is 9.38. The summed E-state index contributed by atoms with van der Waals surface area (Å²) in [7, 11) is 1.61. The van der Waals surface area contributed by atoms with E-state index in [1.54, 1.807) is 7.05 Å². The van der Waals surface area contributed by atoms with Gasteiger partial charge in [-0.3, -0.25) is 4.79 Å². The van der Waals surface area contributed by atoms with Crippen molar-refractivity contribution in [1.82, 2.24) is 10.2 Å². The van der Waals surface area contributed by atoms with Crippen LogP contribution in [-0.4, -0.2) is 54.4 Å². The molecule has 1 heterocycles. The van der Waals surface area contributed by atoms with E-state index in [4.69, 9.17) is 9.84 Å². The SMILES string of the molecule is CC(C)CC1CC(NC(=O)N(C)CCC(=O)O)CCO1. The Labute approximate surface area is 120 Å². The highest BCUT2D eigenvalue weighted by Crippen LogP contribution is 2.20. The van der Waals surface area contributed by atoms with Gasteiger partial charge in [0.25, 0.3) is 0 Å². The highest BCUT2D eigenvalue weighted by molar-refractivity contribution is 5.75. The summed E-state index contributed by atoms with van der Waals surface area (Å²) in [6.07, 6.45) is 2.82. The molecule has 20 heavy (non-hydrogen) atoms. The lowest BCUT2D eigenvalue weighted by Gasteiger charge is -2.32. The molecule has 1 saturated heterocycles. The summed E-state index contributed by atoms with van der Waals surface area (Å²) in [5.41, 5.74) is 0. The molecule has 0 aromatic carbocycles. The minimum Gasteiger partial charge on any atom is -0.481 e. The topological polar surface area (TPSA) is 78.9 Å². The van der Waals surface area contributed by atoms with Crippen LogP contribution in [-0.2, 0) is 9.53 Å². The molecule has 1 rings (SSSR count). The fraction of sp³-hybridized carbons (Fsp3) is 0.857. The van der Waals surface area contributed by atoms with E-state index in [1.165, 1.54) is 4.90 Å². The van der Waals surface area contributed by atoms with Gasteiger partial charge >= 0.3 is 12.0 Å². The molecular formula is C14H26N2O4. The number of carboxylic acid groups (broad SMARTS) is 1. The molecule has 2 atom stereocenters. The number of hydrogen-bond acceptors (Lipinski definition) is 3. The van der Waals surface area contributed by atoms with Gasteiger partial charge in [-0.1, -0.05) is 13.8 Å². The Hall–Kier alpha value is -1.30. The smallest absolute Gasteiger partial charge is 0.317 e. The standard InChI is InChI=1S/C14H26N2O4/c1-10(2)8-12-9-11(5-7-20-12)15-14(19)16(3)6-4-13(17)18/h10-12H,4-9H2,1-3H3,(H,15,19)(H,17,18). The number of amides is 2. The van der Waals surface area contributed by atoms with E-state index in [2.05, 4.69) is 19.2 Å². The molecule has 1 fully saturated rings. The molecule has 1 aliphatic rings. The van der Waals surface area contributed by atoms with Crippen molar-refractivity contribution in [3.05, 3.63) is 0 Å². The van der Waals surface area contributed by atoms with Crippen LogP contribution in [0.15, 0.2) is 0 Å². The minimum absolute atomic E-state index is 0.0341. The third-order valence-electron chi connectivity index (χ3n) is 3.44. The van der Waals surface area contributed by atoms with Crippen molar-refractivity contribution in [2.45, 2.75) is 51.7 Å². The predicted molar refractivity (Wildman–Crippen MR) is 75.6 cm³/mol. The molecule has 0 aromatic heterocycles. The number of rotatable bonds is 6. The highest BCUT2D eigenvalue weighted by atomic mass is 16.5. The first-order valence-corrected chi connectivity index (χ1v) is 7.23. The van der Waals surface area contributed by atoms with E-state index in [1.807, 2.05) is 0 Å². The molecule has 2 N–H and O–H groups in total. The molecule has 0 aliphatic carbocycles. The first-order valence-electron chi connectivity index (χ1n) is 7.23. The summed E-state index contributed by atoms with van der Waals surface area (Å²) < 4.78 is 5.70. The molecule has 0 spiro atoms. The number of carboxylic acids is 1. The van der Waals surface area contributed by atoms with Gasteiger partial charge in [0, 0.05) is 26.2 Å². The number of carbonyl (C=O) groups is 2. The zero-order valence-corrected chi connectivity index (χ0v) is 12.6. The summed E-state index contributed by atoms with van der Waals surface area (Å²) in [5, 5.41) is 11.6. The summed E-state index contributed by atoms with van der Waals surface area (Å²) in [5.74, 6) is -0.319. The lowest BCUT2D eigenvalue weighted by molar-refractivity contribution is -0.137. The highest BCUT2D eigenvalue weighted by Gasteiger charge is 2.25. The predicted octanol–water partition coefficient (Wildman–Crippen LogP) is 1.70. The lowest BCUT2D eigenvalue weighted by Crippen LogP contribution is -2.47. The molecule has 2 amide bonds. The number of hydrogen-bond donors (Lipinski definition) is 2. The van der Waals surface area contributed by atoms with Crippen molar-refractivity contribution in [2.24, 2.45) is 5.92 Å². The van der Waals surface area contributed by atoms with Crippen LogP contribution < -0.4 is 5.32 Å².